The molecule has 0 saturated carbocycles. The van der Waals surface area contributed by atoms with Gasteiger partial charge >= 0.3 is 0 Å². The first-order valence-electron chi connectivity index (χ1n) is 6.77. The van der Waals surface area contributed by atoms with Gasteiger partial charge in [-0.05, 0) is 17.1 Å². The highest BCUT2D eigenvalue weighted by Gasteiger charge is 2.37. The standard InChI is InChI=1S/C16H18INO2/c1-4-9(2)14(17)12-10-7-5-6-8-11(10)15(19)13(12)16(20)18-3/h5-9,14H,4H2,1-3H3,(H,18,20). The van der Waals surface area contributed by atoms with E-state index in [0.717, 1.165) is 17.6 Å². The Morgan fingerprint density at radius 2 is 1.90 bits per heavy atom. The van der Waals surface area contributed by atoms with Gasteiger partial charge < -0.3 is 5.32 Å². The van der Waals surface area contributed by atoms with Crippen molar-refractivity contribution in [1.29, 1.82) is 0 Å². The second kappa shape index (κ2) is 6.08. The summed E-state index contributed by atoms with van der Waals surface area (Å²) in [5.41, 5.74) is 2.76. The number of alkyl halides is 1. The summed E-state index contributed by atoms with van der Waals surface area (Å²) in [6, 6.07) is 7.49. The number of fused-ring (bicyclic) bond motifs is 1. The van der Waals surface area contributed by atoms with Gasteiger partial charge in [-0.15, -0.1) is 0 Å². The number of nitrogens with one attached hydrogen (secondary N) is 1. The third-order valence-electron chi connectivity index (χ3n) is 3.83. The molecule has 2 atom stereocenters. The van der Waals surface area contributed by atoms with Crippen LogP contribution in [0.3, 0.4) is 0 Å². The minimum atomic E-state index is -0.286. The van der Waals surface area contributed by atoms with Crippen molar-refractivity contribution in [1.82, 2.24) is 5.32 Å². The summed E-state index contributed by atoms with van der Waals surface area (Å²) in [6.07, 6.45) is 1.01. The third-order valence-corrected chi connectivity index (χ3v) is 5.68. The van der Waals surface area contributed by atoms with Gasteiger partial charge in [0, 0.05) is 16.5 Å². The van der Waals surface area contributed by atoms with Gasteiger partial charge in [0.25, 0.3) is 5.91 Å². The predicted molar refractivity (Wildman–Crippen MR) is 89.0 cm³/mol. The second-order valence-corrected chi connectivity index (χ2v) is 6.37. The van der Waals surface area contributed by atoms with Crippen molar-refractivity contribution in [3.63, 3.8) is 0 Å². The predicted octanol–water partition coefficient (Wildman–Crippen LogP) is 3.23. The van der Waals surface area contributed by atoms with Gasteiger partial charge in [-0.25, -0.2) is 0 Å². The molecule has 0 spiro atoms. The van der Waals surface area contributed by atoms with Gasteiger partial charge in [-0.1, -0.05) is 67.1 Å². The van der Waals surface area contributed by atoms with Crippen LogP contribution in [0, 0.1) is 5.92 Å². The first-order chi connectivity index (χ1) is 9.52. The number of hydrogen-bond acceptors (Lipinski definition) is 2. The molecule has 1 aromatic rings. The van der Waals surface area contributed by atoms with Crippen molar-refractivity contribution < 1.29 is 9.59 Å². The van der Waals surface area contributed by atoms with Crippen LogP contribution >= 0.6 is 22.6 Å². The fourth-order valence-electron chi connectivity index (χ4n) is 2.44. The first kappa shape index (κ1) is 15.2. The zero-order valence-electron chi connectivity index (χ0n) is 11.9. The van der Waals surface area contributed by atoms with E-state index in [4.69, 9.17) is 0 Å². The van der Waals surface area contributed by atoms with E-state index in [1.807, 2.05) is 18.2 Å². The molecule has 1 aliphatic carbocycles. The maximum Gasteiger partial charge on any atom is 0.255 e. The molecule has 0 aromatic heterocycles. The zero-order chi connectivity index (χ0) is 14.9. The third kappa shape index (κ3) is 2.41. The van der Waals surface area contributed by atoms with Crippen LogP contribution in [0.1, 0.15) is 36.2 Å². The Morgan fingerprint density at radius 1 is 1.30 bits per heavy atom. The number of rotatable bonds is 4. The van der Waals surface area contributed by atoms with Crippen molar-refractivity contribution in [2.75, 3.05) is 7.05 Å². The average Bonchev–Trinajstić information content (AvgIpc) is 2.78. The van der Waals surface area contributed by atoms with Gasteiger partial charge in [-0.2, -0.15) is 0 Å². The van der Waals surface area contributed by atoms with Crippen molar-refractivity contribution >= 4 is 39.9 Å². The summed E-state index contributed by atoms with van der Waals surface area (Å²) in [5, 5.41) is 2.59. The molecule has 4 heteroatoms. The maximum atomic E-state index is 12.5. The number of benzene rings is 1. The highest BCUT2D eigenvalue weighted by Crippen LogP contribution is 2.41. The lowest BCUT2D eigenvalue weighted by molar-refractivity contribution is -0.116. The molecule has 1 N–H and O–H groups in total. The summed E-state index contributed by atoms with van der Waals surface area (Å²) in [7, 11) is 1.56. The van der Waals surface area contributed by atoms with Crippen LogP contribution in [0.15, 0.2) is 29.8 Å². The SMILES string of the molecule is CCC(C)C(I)C1=C(C(=O)NC)C(=O)c2ccccc21. The van der Waals surface area contributed by atoms with Gasteiger partial charge in [-0.3, -0.25) is 9.59 Å². The monoisotopic (exact) mass is 383 g/mol. The summed E-state index contributed by atoms with van der Waals surface area (Å²) in [5.74, 6) is -0.0321. The molecule has 0 saturated heterocycles. The van der Waals surface area contributed by atoms with Crippen molar-refractivity contribution in [3.8, 4) is 0 Å². The van der Waals surface area contributed by atoms with Crippen LogP contribution in [-0.2, 0) is 4.79 Å². The van der Waals surface area contributed by atoms with E-state index in [0.29, 0.717) is 17.1 Å². The van der Waals surface area contributed by atoms with E-state index in [2.05, 4.69) is 41.8 Å². The zero-order valence-corrected chi connectivity index (χ0v) is 14.0. The summed E-state index contributed by atoms with van der Waals surface area (Å²) in [4.78, 5) is 24.6. The number of carbonyl (C=O) groups is 2. The van der Waals surface area contributed by atoms with Crippen LogP contribution in [0.5, 0.6) is 0 Å². The van der Waals surface area contributed by atoms with E-state index < -0.39 is 0 Å². The van der Waals surface area contributed by atoms with Gasteiger partial charge in [0.15, 0.2) is 5.78 Å². The van der Waals surface area contributed by atoms with Crippen LogP contribution in [-0.4, -0.2) is 22.7 Å². The Labute approximate surface area is 133 Å². The van der Waals surface area contributed by atoms with Crippen LogP contribution < -0.4 is 5.32 Å². The summed E-state index contributed by atoms with van der Waals surface area (Å²) in [6.45, 7) is 4.27. The molecule has 0 bridgehead atoms. The molecule has 0 fully saturated rings. The fraction of sp³-hybridized carbons (Fsp3) is 0.375. The summed E-state index contributed by atoms with van der Waals surface area (Å²) < 4.78 is 0.150. The number of carbonyl (C=O) groups excluding carboxylic acids is 2. The Bertz CT molecular complexity index is 592. The minimum absolute atomic E-state index is 0.150. The molecular weight excluding hydrogens is 365 g/mol. The smallest absolute Gasteiger partial charge is 0.255 e. The molecule has 3 nitrogen and oxygen atoms in total. The van der Waals surface area contributed by atoms with E-state index in [9.17, 15) is 9.59 Å². The number of halogens is 1. The Hall–Kier alpha value is -1.17. The molecule has 0 radical (unpaired) electrons. The number of hydrogen-bond donors (Lipinski definition) is 1. The lowest BCUT2D eigenvalue weighted by atomic mass is 9.93. The van der Waals surface area contributed by atoms with E-state index in [1.54, 1.807) is 13.1 Å². The molecule has 20 heavy (non-hydrogen) atoms. The van der Waals surface area contributed by atoms with Crippen LogP contribution in [0.25, 0.3) is 5.57 Å². The quantitative estimate of drug-likeness (QED) is 0.493. The average molecular weight is 383 g/mol. The molecular formula is C16H18INO2. The minimum Gasteiger partial charge on any atom is -0.355 e. The Kier molecular flexibility index (Phi) is 4.62. The van der Waals surface area contributed by atoms with Crippen molar-refractivity contribution in [2.45, 2.75) is 24.2 Å². The Balaban J connectivity index is 2.62. The molecule has 1 aliphatic rings. The Morgan fingerprint density at radius 3 is 2.45 bits per heavy atom. The van der Waals surface area contributed by atoms with Crippen LogP contribution in [0.4, 0.5) is 0 Å². The molecule has 106 valence electrons. The molecule has 1 amide bonds. The number of amides is 1. The molecule has 2 rings (SSSR count). The van der Waals surface area contributed by atoms with Gasteiger partial charge in [0.1, 0.15) is 0 Å². The maximum absolute atomic E-state index is 12.5. The lowest BCUT2D eigenvalue weighted by Gasteiger charge is -2.20. The number of Topliss-reactive ketones (excluding diaryl/α,β-unsaturated/α-hetero) is 1. The largest absolute Gasteiger partial charge is 0.355 e. The molecule has 0 heterocycles. The molecule has 0 aliphatic heterocycles. The van der Waals surface area contributed by atoms with Crippen molar-refractivity contribution in [3.05, 3.63) is 41.0 Å². The highest BCUT2D eigenvalue weighted by atomic mass is 127. The van der Waals surface area contributed by atoms with E-state index >= 15 is 0 Å². The molecule has 2 unspecified atom stereocenters. The van der Waals surface area contributed by atoms with Gasteiger partial charge in [0.05, 0.1) is 5.57 Å². The van der Waals surface area contributed by atoms with E-state index in [-0.39, 0.29) is 15.6 Å². The highest BCUT2D eigenvalue weighted by molar-refractivity contribution is 14.1. The normalized spacial score (nSPS) is 16.9. The van der Waals surface area contributed by atoms with Crippen molar-refractivity contribution in [2.24, 2.45) is 5.92 Å². The van der Waals surface area contributed by atoms with E-state index in [1.165, 1.54) is 0 Å². The second-order valence-electron chi connectivity index (χ2n) is 5.03. The fourth-order valence-corrected chi connectivity index (χ4v) is 3.59. The number of ketones is 1. The molecule has 1 aromatic carbocycles. The first-order valence-corrected chi connectivity index (χ1v) is 8.01. The lowest BCUT2D eigenvalue weighted by Crippen LogP contribution is -2.25. The topological polar surface area (TPSA) is 46.2 Å². The summed E-state index contributed by atoms with van der Waals surface area (Å²) >= 11 is 2.35. The van der Waals surface area contributed by atoms with Gasteiger partial charge in [0.2, 0.25) is 0 Å². The number of likely N-dealkylation sites (N-methyl/N-ethyl adjacent to an activating group) is 1. The van der Waals surface area contributed by atoms with Crippen LogP contribution in [0.2, 0.25) is 0 Å². The number of allylic oxidation sites excluding steroid dienone is 1.